The van der Waals surface area contributed by atoms with Gasteiger partial charge < -0.3 is 4.74 Å². The molecule has 0 aliphatic rings. The second-order valence-electron chi connectivity index (χ2n) is 4.07. The molecule has 0 atom stereocenters. The van der Waals surface area contributed by atoms with E-state index in [4.69, 9.17) is 12.6 Å². The molecule has 0 N–H and O–H groups in total. The zero-order valence-electron chi connectivity index (χ0n) is 10.2. The standard InChI is InChI=1S/C15H13BO2/c1-18-14-8-4-12(5-9-14)15(17)10-11-2-6-13(16)7-3-11/h2-9H,10H2,1H3. The molecule has 0 bridgehead atoms. The quantitative estimate of drug-likeness (QED) is 0.598. The molecule has 0 fully saturated rings. The van der Waals surface area contributed by atoms with Gasteiger partial charge in [0.05, 0.1) is 7.11 Å². The molecule has 0 aliphatic heterocycles. The third-order valence-corrected chi connectivity index (χ3v) is 2.76. The second-order valence-corrected chi connectivity index (χ2v) is 4.07. The summed E-state index contributed by atoms with van der Waals surface area (Å²) in [6.45, 7) is 0. The third-order valence-electron chi connectivity index (χ3n) is 2.76. The minimum atomic E-state index is 0.0856. The number of methoxy groups -OCH3 is 1. The Morgan fingerprint density at radius 3 is 2.22 bits per heavy atom. The number of rotatable bonds is 4. The van der Waals surface area contributed by atoms with Crippen molar-refractivity contribution >= 4 is 19.1 Å². The Hall–Kier alpha value is -2.03. The third kappa shape index (κ3) is 3.01. The Bertz CT molecular complexity index is 529. The minimum Gasteiger partial charge on any atom is -0.497 e. The lowest BCUT2D eigenvalue weighted by Gasteiger charge is -2.04. The molecule has 0 spiro atoms. The van der Waals surface area contributed by atoms with E-state index in [0.29, 0.717) is 17.4 Å². The largest absolute Gasteiger partial charge is 0.497 e. The van der Waals surface area contributed by atoms with Crippen LogP contribution in [0.4, 0.5) is 0 Å². The summed E-state index contributed by atoms with van der Waals surface area (Å²) < 4.78 is 5.06. The highest BCUT2D eigenvalue weighted by Gasteiger charge is 2.06. The van der Waals surface area contributed by atoms with Gasteiger partial charge in [-0.25, -0.2) is 0 Å². The molecule has 2 radical (unpaired) electrons. The lowest BCUT2D eigenvalue weighted by molar-refractivity contribution is 0.0993. The zero-order chi connectivity index (χ0) is 13.0. The van der Waals surface area contributed by atoms with Gasteiger partial charge in [-0.15, -0.1) is 0 Å². The summed E-state index contributed by atoms with van der Waals surface area (Å²) in [5.41, 5.74) is 2.35. The molecule has 0 saturated heterocycles. The fraction of sp³-hybridized carbons (Fsp3) is 0.133. The fourth-order valence-electron chi connectivity index (χ4n) is 1.70. The van der Waals surface area contributed by atoms with Crippen LogP contribution in [0, 0.1) is 0 Å². The topological polar surface area (TPSA) is 26.3 Å². The van der Waals surface area contributed by atoms with Gasteiger partial charge in [-0.3, -0.25) is 4.79 Å². The predicted molar refractivity (Wildman–Crippen MR) is 72.9 cm³/mol. The Morgan fingerprint density at radius 2 is 1.67 bits per heavy atom. The van der Waals surface area contributed by atoms with Crippen LogP contribution in [-0.4, -0.2) is 20.7 Å². The van der Waals surface area contributed by atoms with Crippen LogP contribution in [0.5, 0.6) is 5.75 Å². The number of hydrogen-bond donors (Lipinski definition) is 0. The molecule has 0 aliphatic carbocycles. The predicted octanol–water partition coefficient (Wildman–Crippen LogP) is 1.91. The Morgan fingerprint density at radius 1 is 1.06 bits per heavy atom. The maximum Gasteiger partial charge on any atom is 0.167 e. The smallest absolute Gasteiger partial charge is 0.167 e. The van der Waals surface area contributed by atoms with Gasteiger partial charge >= 0.3 is 0 Å². The van der Waals surface area contributed by atoms with E-state index in [0.717, 1.165) is 11.3 Å². The maximum atomic E-state index is 12.0. The highest BCUT2D eigenvalue weighted by Crippen LogP contribution is 2.13. The van der Waals surface area contributed by atoms with Gasteiger partial charge in [0, 0.05) is 12.0 Å². The molecule has 2 aromatic rings. The Labute approximate surface area is 108 Å². The van der Waals surface area contributed by atoms with Gasteiger partial charge in [0.2, 0.25) is 0 Å². The first-order chi connectivity index (χ1) is 8.69. The molecule has 0 unspecified atom stereocenters. The molecular formula is C15H13BO2. The number of benzene rings is 2. The number of ketones is 1. The first-order valence-electron chi connectivity index (χ1n) is 5.71. The molecule has 0 saturated carbocycles. The highest BCUT2D eigenvalue weighted by atomic mass is 16.5. The number of carbonyl (C=O) groups is 1. The van der Waals surface area contributed by atoms with Gasteiger partial charge in [-0.1, -0.05) is 29.7 Å². The van der Waals surface area contributed by atoms with Crippen LogP contribution in [0.2, 0.25) is 0 Å². The second kappa shape index (κ2) is 5.54. The van der Waals surface area contributed by atoms with E-state index in [1.165, 1.54) is 0 Å². The highest BCUT2D eigenvalue weighted by molar-refractivity contribution is 6.32. The summed E-state index contributed by atoms with van der Waals surface area (Å²) in [5.74, 6) is 0.835. The molecule has 0 amide bonds. The van der Waals surface area contributed by atoms with Crippen molar-refractivity contribution < 1.29 is 9.53 Å². The van der Waals surface area contributed by atoms with Crippen molar-refractivity contribution in [1.82, 2.24) is 0 Å². The van der Waals surface area contributed by atoms with Crippen LogP contribution in [0.1, 0.15) is 15.9 Å². The molecule has 18 heavy (non-hydrogen) atoms. The molecule has 2 aromatic carbocycles. The lowest BCUT2D eigenvalue weighted by atomic mass is 9.94. The van der Waals surface area contributed by atoms with Crippen molar-refractivity contribution in [3.63, 3.8) is 0 Å². The number of ether oxygens (including phenoxy) is 1. The van der Waals surface area contributed by atoms with Crippen molar-refractivity contribution in [1.29, 1.82) is 0 Å². The summed E-state index contributed by atoms with van der Waals surface area (Å²) in [5, 5.41) is 0. The van der Waals surface area contributed by atoms with E-state index >= 15 is 0 Å². The summed E-state index contributed by atoms with van der Waals surface area (Å²) in [7, 11) is 7.20. The molecule has 88 valence electrons. The summed E-state index contributed by atoms with van der Waals surface area (Å²) in [6.07, 6.45) is 0.382. The fourth-order valence-corrected chi connectivity index (χ4v) is 1.70. The van der Waals surface area contributed by atoms with Crippen molar-refractivity contribution in [3.8, 4) is 5.75 Å². The monoisotopic (exact) mass is 236 g/mol. The Kier molecular flexibility index (Phi) is 3.83. The van der Waals surface area contributed by atoms with Crippen LogP contribution in [-0.2, 0) is 6.42 Å². The van der Waals surface area contributed by atoms with Gasteiger partial charge in [0.15, 0.2) is 5.78 Å². The van der Waals surface area contributed by atoms with Crippen LogP contribution in [0.25, 0.3) is 0 Å². The van der Waals surface area contributed by atoms with Crippen molar-refractivity contribution in [2.24, 2.45) is 0 Å². The van der Waals surface area contributed by atoms with Crippen LogP contribution in [0.15, 0.2) is 48.5 Å². The minimum absolute atomic E-state index is 0.0856. The Balaban J connectivity index is 2.09. The van der Waals surface area contributed by atoms with Gasteiger partial charge in [-0.05, 0) is 29.8 Å². The van der Waals surface area contributed by atoms with Gasteiger partial charge in [0.25, 0.3) is 0 Å². The molecule has 0 heterocycles. The molecule has 3 heteroatoms. The van der Waals surface area contributed by atoms with Gasteiger partial charge in [-0.2, -0.15) is 0 Å². The zero-order valence-corrected chi connectivity index (χ0v) is 10.2. The van der Waals surface area contributed by atoms with Gasteiger partial charge in [0.1, 0.15) is 13.6 Å². The summed E-state index contributed by atoms with van der Waals surface area (Å²) in [6, 6.07) is 14.5. The summed E-state index contributed by atoms with van der Waals surface area (Å²) >= 11 is 0. The van der Waals surface area contributed by atoms with Crippen LogP contribution >= 0.6 is 0 Å². The average molecular weight is 236 g/mol. The van der Waals surface area contributed by atoms with E-state index in [1.54, 1.807) is 43.5 Å². The number of carbonyl (C=O) groups excluding carboxylic acids is 1. The van der Waals surface area contributed by atoms with E-state index < -0.39 is 0 Å². The van der Waals surface area contributed by atoms with E-state index in [2.05, 4.69) is 0 Å². The lowest BCUT2D eigenvalue weighted by Crippen LogP contribution is -2.06. The van der Waals surface area contributed by atoms with E-state index in [1.807, 2.05) is 12.1 Å². The van der Waals surface area contributed by atoms with Crippen LogP contribution in [0.3, 0.4) is 0 Å². The van der Waals surface area contributed by atoms with Crippen molar-refractivity contribution in [2.75, 3.05) is 7.11 Å². The van der Waals surface area contributed by atoms with E-state index in [9.17, 15) is 4.79 Å². The first-order valence-corrected chi connectivity index (χ1v) is 5.71. The first kappa shape index (κ1) is 12.4. The molecule has 0 aromatic heterocycles. The maximum absolute atomic E-state index is 12.0. The number of hydrogen-bond acceptors (Lipinski definition) is 2. The molecule has 2 rings (SSSR count). The normalized spacial score (nSPS) is 10.1. The van der Waals surface area contributed by atoms with Crippen molar-refractivity contribution in [3.05, 3.63) is 59.7 Å². The van der Waals surface area contributed by atoms with Crippen LogP contribution < -0.4 is 10.2 Å². The molecule has 2 nitrogen and oxygen atoms in total. The van der Waals surface area contributed by atoms with Crippen molar-refractivity contribution in [2.45, 2.75) is 6.42 Å². The average Bonchev–Trinajstić information content (AvgIpc) is 2.41. The SMILES string of the molecule is [B]c1ccc(CC(=O)c2ccc(OC)cc2)cc1. The summed E-state index contributed by atoms with van der Waals surface area (Å²) in [4.78, 5) is 12.0. The number of Topliss-reactive ketones (excluding diaryl/α,β-unsaturated/α-hetero) is 1. The molecular weight excluding hydrogens is 223 g/mol. The van der Waals surface area contributed by atoms with E-state index in [-0.39, 0.29) is 5.78 Å².